The molecule has 0 amide bonds. The summed E-state index contributed by atoms with van der Waals surface area (Å²) in [7, 11) is 0. The van der Waals surface area contributed by atoms with Crippen LogP contribution in [0.1, 0.15) is 17.8 Å². The van der Waals surface area contributed by atoms with Crippen molar-refractivity contribution in [2.75, 3.05) is 12.3 Å². The maximum absolute atomic E-state index is 12.6. The Labute approximate surface area is 107 Å². The van der Waals surface area contributed by atoms with Gasteiger partial charge < -0.3 is 11.5 Å². The second kappa shape index (κ2) is 5.00. The fourth-order valence-electron chi connectivity index (χ4n) is 1.75. The van der Waals surface area contributed by atoms with Crippen LogP contribution in [-0.4, -0.2) is 16.5 Å². The summed E-state index contributed by atoms with van der Waals surface area (Å²) in [5.74, 6) is 0.598. The van der Waals surface area contributed by atoms with E-state index in [2.05, 4.69) is 9.97 Å². The first kappa shape index (κ1) is 13.5. The maximum Gasteiger partial charge on any atom is 0.416 e. The SMILES string of the molecule is NCCCc1nc(N)c2ccc(C(F)(F)F)cc2n1. The van der Waals surface area contributed by atoms with E-state index in [1.165, 1.54) is 6.07 Å². The third-order valence-corrected chi connectivity index (χ3v) is 2.70. The Morgan fingerprint density at radius 3 is 2.53 bits per heavy atom. The largest absolute Gasteiger partial charge is 0.416 e. The molecular formula is C12H13F3N4. The Balaban J connectivity index is 2.50. The highest BCUT2D eigenvalue weighted by Gasteiger charge is 2.30. The van der Waals surface area contributed by atoms with Crippen LogP contribution in [0.2, 0.25) is 0 Å². The van der Waals surface area contributed by atoms with Crippen LogP contribution >= 0.6 is 0 Å². The van der Waals surface area contributed by atoms with Crippen LogP contribution in [0.3, 0.4) is 0 Å². The number of hydrogen-bond donors (Lipinski definition) is 2. The number of aryl methyl sites for hydroxylation is 1. The summed E-state index contributed by atoms with van der Waals surface area (Å²) in [6, 6.07) is 3.25. The van der Waals surface area contributed by atoms with Crippen molar-refractivity contribution < 1.29 is 13.2 Å². The van der Waals surface area contributed by atoms with Gasteiger partial charge in [0, 0.05) is 11.8 Å². The molecule has 0 bridgehead atoms. The Morgan fingerprint density at radius 1 is 1.16 bits per heavy atom. The van der Waals surface area contributed by atoms with Crippen LogP contribution in [0.15, 0.2) is 18.2 Å². The molecule has 0 aliphatic carbocycles. The Hall–Kier alpha value is -1.89. The molecule has 0 aliphatic heterocycles. The average Bonchev–Trinajstić information content (AvgIpc) is 2.34. The number of halogens is 3. The second-order valence-corrected chi connectivity index (χ2v) is 4.15. The molecule has 0 fully saturated rings. The Bertz CT molecular complexity index is 595. The molecule has 2 rings (SSSR count). The van der Waals surface area contributed by atoms with Crippen LogP contribution in [0.5, 0.6) is 0 Å². The summed E-state index contributed by atoms with van der Waals surface area (Å²) >= 11 is 0. The van der Waals surface area contributed by atoms with E-state index in [1.807, 2.05) is 0 Å². The van der Waals surface area contributed by atoms with Gasteiger partial charge >= 0.3 is 6.18 Å². The summed E-state index contributed by atoms with van der Waals surface area (Å²) in [6.45, 7) is 0.462. The number of hydrogen-bond acceptors (Lipinski definition) is 4. The summed E-state index contributed by atoms with van der Waals surface area (Å²) in [6.07, 6.45) is -3.25. The molecule has 0 unspecified atom stereocenters. The molecule has 4 N–H and O–H groups in total. The summed E-state index contributed by atoms with van der Waals surface area (Å²) < 4.78 is 37.9. The number of nitrogens with two attached hydrogens (primary N) is 2. The highest BCUT2D eigenvalue weighted by molar-refractivity contribution is 5.88. The fraction of sp³-hybridized carbons (Fsp3) is 0.333. The molecule has 0 radical (unpaired) electrons. The summed E-state index contributed by atoms with van der Waals surface area (Å²) in [5.41, 5.74) is 10.6. The van der Waals surface area contributed by atoms with Crippen molar-refractivity contribution in [2.24, 2.45) is 5.73 Å². The van der Waals surface area contributed by atoms with Gasteiger partial charge in [-0.3, -0.25) is 0 Å². The van der Waals surface area contributed by atoms with Crippen LogP contribution in [0, 0.1) is 0 Å². The molecule has 0 saturated heterocycles. The van der Waals surface area contributed by atoms with Crippen LogP contribution in [0.25, 0.3) is 10.9 Å². The first-order chi connectivity index (χ1) is 8.91. The van der Waals surface area contributed by atoms with Crippen LogP contribution in [0.4, 0.5) is 19.0 Å². The molecule has 1 aromatic carbocycles. The van der Waals surface area contributed by atoms with Gasteiger partial charge in [-0.25, -0.2) is 9.97 Å². The summed E-state index contributed by atoms with van der Waals surface area (Å²) in [4.78, 5) is 8.16. The van der Waals surface area contributed by atoms with Gasteiger partial charge in [-0.05, 0) is 31.2 Å². The van der Waals surface area contributed by atoms with E-state index in [4.69, 9.17) is 11.5 Å². The van der Waals surface area contributed by atoms with Gasteiger partial charge in [0.05, 0.1) is 11.1 Å². The number of nitrogen functional groups attached to an aromatic ring is 1. The fourth-order valence-corrected chi connectivity index (χ4v) is 1.75. The third-order valence-electron chi connectivity index (χ3n) is 2.70. The minimum atomic E-state index is -4.40. The number of nitrogens with zero attached hydrogens (tertiary/aromatic N) is 2. The Morgan fingerprint density at radius 2 is 1.89 bits per heavy atom. The third kappa shape index (κ3) is 2.93. The number of aromatic nitrogens is 2. The normalized spacial score (nSPS) is 12.0. The van der Waals surface area contributed by atoms with E-state index >= 15 is 0 Å². The minimum absolute atomic E-state index is 0.186. The minimum Gasteiger partial charge on any atom is -0.383 e. The lowest BCUT2D eigenvalue weighted by Crippen LogP contribution is -2.07. The lowest BCUT2D eigenvalue weighted by atomic mass is 10.1. The molecule has 0 saturated carbocycles. The number of alkyl halides is 3. The van der Waals surface area contributed by atoms with E-state index in [0.717, 1.165) is 12.1 Å². The molecular weight excluding hydrogens is 257 g/mol. The topological polar surface area (TPSA) is 77.8 Å². The van der Waals surface area contributed by atoms with Crippen LogP contribution < -0.4 is 11.5 Å². The number of benzene rings is 1. The van der Waals surface area contributed by atoms with Crippen LogP contribution in [-0.2, 0) is 12.6 Å². The molecule has 2 aromatic rings. The van der Waals surface area contributed by atoms with Gasteiger partial charge in [0.15, 0.2) is 0 Å². The highest BCUT2D eigenvalue weighted by Crippen LogP contribution is 2.31. The number of rotatable bonds is 3. The zero-order valence-electron chi connectivity index (χ0n) is 10.0. The lowest BCUT2D eigenvalue weighted by molar-refractivity contribution is -0.137. The van der Waals surface area contributed by atoms with E-state index in [-0.39, 0.29) is 11.3 Å². The molecule has 0 atom stereocenters. The van der Waals surface area contributed by atoms with E-state index in [9.17, 15) is 13.2 Å². The Kier molecular flexibility index (Phi) is 3.57. The van der Waals surface area contributed by atoms with Crippen molar-refractivity contribution in [3.8, 4) is 0 Å². The first-order valence-electron chi connectivity index (χ1n) is 5.75. The second-order valence-electron chi connectivity index (χ2n) is 4.15. The van der Waals surface area contributed by atoms with E-state index in [1.54, 1.807) is 0 Å². The average molecular weight is 270 g/mol. The first-order valence-corrected chi connectivity index (χ1v) is 5.75. The number of fused-ring (bicyclic) bond motifs is 1. The predicted molar refractivity (Wildman–Crippen MR) is 66.3 cm³/mol. The van der Waals surface area contributed by atoms with Gasteiger partial charge in [0.2, 0.25) is 0 Å². The quantitative estimate of drug-likeness (QED) is 0.895. The zero-order valence-corrected chi connectivity index (χ0v) is 10.0. The van der Waals surface area contributed by atoms with Gasteiger partial charge in [-0.2, -0.15) is 13.2 Å². The summed E-state index contributed by atoms with van der Waals surface area (Å²) in [5, 5.41) is 0.421. The smallest absolute Gasteiger partial charge is 0.383 e. The van der Waals surface area contributed by atoms with Gasteiger partial charge in [0.25, 0.3) is 0 Å². The molecule has 7 heteroatoms. The van der Waals surface area contributed by atoms with Gasteiger partial charge in [-0.15, -0.1) is 0 Å². The highest BCUT2D eigenvalue weighted by atomic mass is 19.4. The monoisotopic (exact) mass is 270 g/mol. The van der Waals surface area contributed by atoms with E-state index < -0.39 is 11.7 Å². The van der Waals surface area contributed by atoms with Crippen molar-refractivity contribution in [3.05, 3.63) is 29.6 Å². The maximum atomic E-state index is 12.6. The zero-order chi connectivity index (χ0) is 14.0. The molecule has 1 aromatic heterocycles. The molecule has 1 heterocycles. The molecule has 0 aliphatic rings. The van der Waals surface area contributed by atoms with Gasteiger partial charge in [-0.1, -0.05) is 0 Å². The van der Waals surface area contributed by atoms with Crippen molar-refractivity contribution in [2.45, 2.75) is 19.0 Å². The van der Waals surface area contributed by atoms with Gasteiger partial charge in [0.1, 0.15) is 11.6 Å². The van der Waals surface area contributed by atoms with Crippen molar-refractivity contribution >= 4 is 16.7 Å². The van der Waals surface area contributed by atoms with Crippen molar-refractivity contribution in [1.82, 2.24) is 9.97 Å². The van der Waals surface area contributed by atoms with Crippen molar-refractivity contribution in [3.63, 3.8) is 0 Å². The molecule has 0 spiro atoms. The van der Waals surface area contributed by atoms with E-state index in [0.29, 0.717) is 30.6 Å². The number of anilines is 1. The predicted octanol–water partition coefficient (Wildman–Crippen LogP) is 2.12. The molecule has 19 heavy (non-hydrogen) atoms. The lowest BCUT2D eigenvalue weighted by Gasteiger charge is -2.09. The standard InChI is InChI=1S/C12H13F3N4/c13-12(14,15)7-3-4-8-9(6-7)18-10(2-1-5-16)19-11(8)17/h3-4,6H,1-2,5,16H2,(H2,17,18,19). The van der Waals surface area contributed by atoms with Crippen molar-refractivity contribution in [1.29, 1.82) is 0 Å². The molecule has 4 nitrogen and oxygen atoms in total. The molecule has 102 valence electrons.